The van der Waals surface area contributed by atoms with Crippen molar-refractivity contribution in [3.63, 3.8) is 0 Å². The van der Waals surface area contributed by atoms with Gasteiger partial charge in [-0.1, -0.05) is 0 Å². The Kier molecular flexibility index (Phi) is 10.1. The Morgan fingerprint density at radius 3 is 2.76 bits per heavy atom. The first kappa shape index (κ1) is 16.4. The second-order valence-electron chi connectivity index (χ2n) is 4.52. The number of hydrogen-bond acceptors (Lipinski definition) is 4. The van der Waals surface area contributed by atoms with E-state index in [1.165, 1.54) is 0 Å². The van der Waals surface area contributed by atoms with Gasteiger partial charge in [0.2, 0.25) is 5.91 Å². The average molecular weight is 245 g/mol. The van der Waals surface area contributed by atoms with Gasteiger partial charge in [-0.25, -0.2) is 0 Å². The summed E-state index contributed by atoms with van der Waals surface area (Å²) in [7, 11) is 3.75. The molecule has 0 spiro atoms. The Bertz CT molecular complexity index is 198. The van der Waals surface area contributed by atoms with E-state index in [9.17, 15) is 4.79 Å². The summed E-state index contributed by atoms with van der Waals surface area (Å²) in [5.74, 6) is 0.0989. The molecule has 0 aliphatic rings. The molecule has 1 amide bonds. The molecule has 0 radical (unpaired) electrons. The molecule has 0 fully saturated rings. The third-order valence-corrected chi connectivity index (χ3v) is 2.54. The Hall–Kier alpha value is -0.650. The van der Waals surface area contributed by atoms with Crippen LogP contribution in [0.4, 0.5) is 0 Å². The Morgan fingerprint density at radius 2 is 2.18 bits per heavy atom. The number of ether oxygens (including phenoxy) is 1. The van der Waals surface area contributed by atoms with Crippen LogP contribution in [0.15, 0.2) is 0 Å². The van der Waals surface area contributed by atoms with E-state index in [2.05, 4.69) is 17.3 Å². The lowest BCUT2D eigenvalue weighted by atomic mass is 10.2. The molecule has 0 aliphatic carbocycles. The zero-order valence-corrected chi connectivity index (χ0v) is 11.4. The van der Waals surface area contributed by atoms with Gasteiger partial charge in [0.15, 0.2) is 0 Å². The van der Waals surface area contributed by atoms with Crippen LogP contribution >= 0.6 is 0 Å². The lowest BCUT2D eigenvalue weighted by Crippen LogP contribution is -2.30. The van der Waals surface area contributed by atoms with Crippen molar-refractivity contribution in [3.05, 3.63) is 0 Å². The number of nitrogens with zero attached hydrogens (tertiary/aromatic N) is 1. The topological polar surface area (TPSA) is 67.6 Å². The highest BCUT2D eigenvalue weighted by Gasteiger charge is 2.03. The normalized spacial score (nSPS) is 12.8. The molecule has 0 aromatic carbocycles. The van der Waals surface area contributed by atoms with Crippen LogP contribution in [-0.2, 0) is 9.53 Å². The molecule has 0 heterocycles. The fourth-order valence-corrected chi connectivity index (χ4v) is 1.38. The average Bonchev–Trinajstić information content (AvgIpc) is 2.29. The molecular weight excluding hydrogens is 218 g/mol. The fraction of sp³-hybridized carbons (Fsp3) is 0.917. The largest absolute Gasteiger partial charge is 0.383 e. The summed E-state index contributed by atoms with van der Waals surface area (Å²) < 4.78 is 4.99. The van der Waals surface area contributed by atoms with Gasteiger partial charge in [-0.15, -0.1) is 0 Å². The second-order valence-corrected chi connectivity index (χ2v) is 4.52. The van der Waals surface area contributed by atoms with Gasteiger partial charge in [-0.2, -0.15) is 0 Å². The van der Waals surface area contributed by atoms with E-state index in [0.717, 1.165) is 39.1 Å². The van der Waals surface area contributed by atoms with Gasteiger partial charge in [-0.3, -0.25) is 4.79 Å². The molecule has 0 saturated heterocycles. The third-order valence-electron chi connectivity index (χ3n) is 2.54. The van der Waals surface area contributed by atoms with E-state index >= 15 is 0 Å². The maximum atomic E-state index is 11.4. The zero-order chi connectivity index (χ0) is 13.1. The number of nitrogens with one attached hydrogen (secondary N) is 1. The maximum Gasteiger partial charge on any atom is 0.220 e. The highest BCUT2D eigenvalue weighted by atomic mass is 16.5. The summed E-state index contributed by atoms with van der Waals surface area (Å²) in [6.45, 7) is 5.29. The maximum absolute atomic E-state index is 11.4. The van der Waals surface area contributed by atoms with E-state index in [1.54, 1.807) is 7.11 Å². The molecule has 3 N–H and O–H groups in total. The van der Waals surface area contributed by atoms with Gasteiger partial charge < -0.3 is 20.7 Å². The van der Waals surface area contributed by atoms with Crippen LogP contribution in [-0.4, -0.2) is 57.2 Å². The summed E-state index contributed by atoms with van der Waals surface area (Å²) in [6, 6.07) is 0.0981. The van der Waals surface area contributed by atoms with E-state index in [0.29, 0.717) is 6.42 Å². The zero-order valence-electron chi connectivity index (χ0n) is 11.4. The van der Waals surface area contributed by atoms with Crippen molar-refractivity contribution >= 4 is 5.91 Å². The number of carbonyl (C=O) groups is 1. The van der Waals surface area contributed by atoms with Crippen molar-refractivity contribution in [2.45, 2.75) is 32.2 Å². The van der Waals surface area contributed by atoms with Crippen molar-refractivity contribution in [1.29, 1.82) is 0 Å². The minimum absolute atomic E-state index is 0.0981. The van der Waals surface area contributed by atoms with Gasteiger partial charge >= 0.3 is 0 Å². The third kappa shape index (κ3) is 11.6. The predicted octanol–water partition coefficient (Wildman–Crippen LogP) is 0.198. The molecule has 5 heteroatoms. The van der Waals surface area contributed by atoms with E-state index in [4.69, 9.17) is 10.5 Å². The van der Waals surface area contributed by atoms with Crippen LogP contribution < -0.4 is 11.1 Å². The molecule has 1 unspecified atom stereocenters. The predicted molar refractivity (Wildman–Crippen MR) is 69.9 cm³/mol. The number of rotatable bonds is 10. The van der Waals surface area contributed by atoms with Gasteiger partial charge in [0, 0.05) is 32.7 Å². The number of hydrogen-bond donors (Lipinski definition) is 2. The molecule has 0 aromatic heterocycles. The van der Waals surface area contributed by atoms with E-state index in [-0.39, 0.29) is 11.9 Å². The lowest BCUT2D eigenvalue weighted by molar-refractivity contribution is -0.121. The molecule has 102 valence electrons. The first-order valence-electron chi connectivity index (χ1n) is 6.26. The van der Waals surface area contributed by atoms with Crippen molar-refractivity contribution in [2.24, 2.45) is 5.73 Å². The standard InChI is InChI=1S/C12H27N3O2/c1-11(13)5-6-12(16)14-7-4-8-15(2)9-10-17-3/h11H,4-10,13H2,1-3H3,(H,14,16). The number of amides is 1. The molecule has 0 bridgehead atoms. The number of carbonyl (C=O) groups excluding carboxylic acids is 1. The molecule has 0 aliphatic heterocycles. The molecule has 0 aromatic rings. The molecule has 5 nitrogen and oxygen atoms in total. The summed E-state index contributed by atoms with van der Waals surface area (Å²) >= 11 is 0. The van der Waals surface area contributed by atoms with Crippen LogP contribution in [0.3, 0.4) is 0 Å². The first-order chi connectivity index (χ1) is 8.06. The van der Waals surface area contributed by atoms with Crippen LogP contribution in [0.2, 0.25) is 0 Å². The lowest BCUT2D eigenvalue weighted by Gasteiger charge is -2.15. The van der Waals surface area contributed by atoms with Crippen LogP contribution in [0.25, 0.3) is 0 Å². The summed E-state index contributed by atoms with van der Waals surface area (Å²) in [5, 5.41) is 2.90. The summed E-state index contributed by atoms with van der Waals surface area (Å²) in [6.07, 6.45) is 2.24. The SMILES string of the molecule is COCCN(C)CCCNC(=O)CCC(C)N. The van der Waals surface area contributed by atoms with Crippen molar-refractivity contribution in [1.82, 2.24) is 10.2 Å². The van der Waals surface area contributed by atoms with Crippen molar-refractivity contribution in [3.8, 4) is 0 Å². The summed E-state index contributed by atoms with van der Waals surface area (Å²) in [5.41, 5.74) is 5.58. The van der Waals surface area contributed by atoms with Crippen LogP contribution in [0.5, 0.6) is 0 Å². The summed E-state index contributed by atoms with van der Waals surface area (Å²) in [4.78, 5) is 13.6. The minimum Gasteiger partial charge on any atom is -0.383 e. The smallest absolute Gasteiger partial charge is 0.220 e. The second kappa shape index (κ2) is 10.5. The Morgan fingerprint density at radius 1 is 1.47 bits per heavy atom. The monoisotopic (exact) mass is 245 g/mol. The van der Waals surface area contributed by atoms with Crippen molar-refractivity contribution in [2.75, 3.05) is 40.4 Å². The van der Waals surface area contributed by atoms with Gasteiger partial charge in [-0.05, 0) is 33.4 Å². The van der Waals surface area contributed by atoms with Gasteiger partial charge in [0.1, 0.15) is 0 Å². The van der Waals surface area contributed by atoms with E-state index < -0.39 is 0 Å². The Balaban J connectivity index is 3.35. The minimum atomic E-state index is 0.0981. The molecule has 0 saturated carbocycles. The molecule has 17 heavy (non-hydrogen) atoms. The van der Waals surface area contributed by atoms with E-state index in [1.807, 2.05) is 6.92 Å². The van der Waals surface area contributed by atoms with Crippen LogP contribution in [0.1, 0.15) is 26.2 Å². The molecule has 0 rings (SSSR count). The van der Waals surface area contributed by atoms with Crippen LogP contribution in [0, 0.1) is 0 Å². The number of nitrogens with two attached hydrogens (primary N) is 1. The number of methoxy groups -OCH3 is 1. The van der Waals surface area contributed by atoms with Gasteiger partial charge in [0.05, 0.1) is 6.61 Å². The first-order valence-corrected chi connectivity index (χ1v) is 6.26. The highest BCUT2D eigenvalue weighted by molar-refractivity contribution is 5.75. The number of likely N-dealkylation sites (N-methyl/N-ethyl adjacent to an activating group) is 1. The molecule has 1 atom stereocenters. The van der Waals surface area contributed by atoms with Gasteiger partial charge in [0.25, 0.3) is 0 Å². The Labute approximate surface area is 105 Å². The fourth-order valence-electron chi connectivity index (χ4n) is 1.38. The quantitative estimate of drug-likeness (QED) is 0.540. The molecular formula is C12H27N3O2. The highest BCUT2D eigenvalue weighted by Crippen LogP contribution is 1.93. The van der Waals surface area contributed by atoms with Crippen molar-refractivity contribution < 1.29 is 9.53 Å².